The first-order chi connectivity index (χ1) is 15.3. The van der Waals surface area contributed by atoms with Gasteiger partial charge in [-0.15, -0.1) is 0 Å². The molecule has 1 aliphatic heterocycles. The fourth-order valence-corrected chi connectivity index (χ4v) is 6.73. The van der Waals surface area contributed by atoms with Crippen molar-refractivity contribution in [1.29, 1.82) is 0 Å². The molecule has 2 fully saturated rings. The molecule has 1 aliphatic carbocycles. The van der Waals surface area contributed by atoms with Gasteiger partial charge in [0.2, 0.25) is 11.9 Å². The highest BCUT2D eigenvalue weighted by atomic mass is 32.2. The number of piperazine rings is 1. The molecule has 0 radical (unpaired) electrons. The number of rotatable bonds is 6. The SMILES string of the molecule is CC(=O)Nc1ncc(S(=O)(=O)N2CCN(c3cc(C)nc(NC4CCCCC4)n3)CC2)s1. The van der Waals surface area contributed by atoms with E-state index in [1.807, 2.05) is 13.0 Å². The van der Waals surface area contributed by atoms with Gasteiger partial charge in [0.25, 0.3) is 10.0 Å². The lowest BCUT2D eigenvalue weighted by Gasteiger charge is -2.34. The van der Waals surface area contributed by atoms with Crippen molar-refractivity contribution < 1.29 is 13.2 Å². The van der Waals surface area contributed by atoms with Gasteiger partial charge >= 0.3 is 0 Å². The van der Waals surface area contributed by atoms with E-state index in [1.165, 1.54) is 36.7 Å². The van der Waals surface area contributed by atoms with E-state index in [1.54, 1.807) is 0 Å². The Morgan fingerprint density at radius 1 is 1.12 bits per heavy atom. The smallest absolute Gasteiger partial charge is 0.254 e. The quantitative estimate of drug-likeness (QED) is 0.648. The molecular weight excluding hydrogens is 450 g/mol. The Labute approximate surface area is 192 Å². The van der Waals surface area contributed by atoms with Crippen LogP contribution < -0.4 is 15.5 Å². The average Bonchev–Trinajstić information content (AvgIpc) is 3.23. The molecule has 1 saturated carbocycles. The molecule has 0 aromatic carbocycles. The predicted octanol–water partition coefficient (Wildman–Crippen LogP) is 2.46. The molecule has 0 unspecified atom stereocenters. The van der Waals surface area contributed by atoms with Crippen molar-refractivity contribution in [3.63, 3.8) is 0 Å². The summed E-state index contributed by atoms with van der Waals surface area (Å²) in [5.41, 5.74) is 0.888. The van der Waals surface area contributed by atoms with Gasteiger partial charge in [-0.2, -0.15) is 9.29 Å². The van der Waals surface area contributed by atoms with Crippen LogP contribution >= 0.6 is 11.3 Å². The van der Waals surface area contributed by atoms with Gasteiger partial charge in [-0.3, -0.25) is 4.79 Å². The van der Waals surface area contributed by atoms with Crippen molar-refractivity contribution in [2.75, 3.05) is 41.7 Å². The lowest BCUT2D eigenvalue weighted by molar-refractivity contribution is -0.114. The molecule has 10 nitrogen and oxygen atoms in total. The summed E-state index contributed by atoms with van der Waals surface area (Å²) in [4.78, 5) is 26.5. The van der Waals surface area contributed by atoms with Crippen LogP contribution in [0.3, 0.4) is 0 Å². The first-order valence-corrected chi connectivity index (χ1v) is 13.2. The minimum atomic E-state index is -3.65. The van der Waals surface area contributed by atoms with E-state index in [-0.39, 0.29) is 15.2 Å². The first kappa shape index (κ1) is 22.9. The molecule has 2 N–H and O–H groups in total. The highest BCUT2D eigenvalue weighted by Crippen LogP contribution is 2.28. The van der Waals surface area contributed by atoms with Crippen molar-refractivity contribution in [3.8, 4) is 0 Å². The fourth-order valence-electron chi connectivity index (χ4n) is 4.08. The second-order valence-corrected chi connectivity index (χ2v) is 11.4. The number of amides is 1. The monoisotopic (exact) mass is 479 g/mol. The van der Waals surface area contributed by atoms with Crippen LogP contribution in [0.4, 0.5) is 16.9 Å². The van der Waals surface area contributed by atoms with Gasteiger partial charge in [0.1, 0.15) is 5.82 Å². The zero-order chi connectivity index (χ0) is 22.7. The summed E-state index contributed by atoms with van der Waals surface area (Å²) in [5.74, 6) is 1.19. The summed E-state index contributed by atoms with van der Waals surface area (Å²) in [6.45, 7) is 5.09. The molecule has 2 aromatic rings. The Balaban J connectivity index is 1.40. The Hall–Kier alpha value is -2.31. The minimum absolute atomic E-state index is 0.131. The largest absolute Gasteiger partial charge is 0.354 e. The molecule has 32 heavy (non-hydrogen) atoms. The molecule has 2 aliphatic rings. The summed E-state index contributed by atoms with van der Waals surface area (Å²) in [6.07, 6.45) is 7.35. The number of carbonyl (C=O) groups is 1. The zero-order valence-corrected chi connectivity index (χ0v) is 20.0. The van der Waals surface area contributed by atoms with Crippen LogP contribution in [0.5, 0.6) is 0 Å². The summed E-state index contributed by atoms with van der Waals surface area (Å²) in [7, 11) is -3.65. The number of anilines is 3. The Morgan fingerprint density at radius 3 is 2.53 bits per heavy atom. The molecule has 0 spiro atoms. The number of aryl methyl sites for hydroxylation is 1. The van der Waals surface area contributed by atoms with Crippen LogP contribution in [0.1, 0.15) is 44.7 Å². The van der Waals surface area contributed by atoms with E-state index >= 15 is 0 Å². The van der Waals surface area contributed by atoms with E-state index in [0.717, 1.165) is 35.7 Å². The van der Waals surface area contributed by atoms with Crippen LogP contribution in [0.15, 0.2) is 16.5 Å². The summed E-state index contributed by atoms with van der Waals surface area (Å²) >= 11 is 0.964. The number of sulfonamides is 1. The normalized spacial score (nSPS) is 18.5. The topological polar surface area (TPSA) is 120 Å². The Kier molecular flexibility index (Phi) is 6.91. The second kappa shape index (κ2) is 9.67. The van der Waals surface area contributed by atoms with E-state index in [9.17, 15) is 13.2 Å². The van der Waals surface area contributed by atoms with Gasteiger partial charge in [-0.05, 0) is 19.8 Å². The standard InChI is InChI=1S/C20H29N7O3S2/c1-14-12-17(25-19(22-14)24-16-6-4-3-5-7-16)26-8-10-27(11-9-26)32(29,30)18-13-21-20(31-18)23-15(2)28/h12-13,16H,3-11H2,1-2H3,(H,21,23,28)(H,22,24,25). The maximum Gasteiger partial charge on any atom is 0.254 e. The molecule has 3 heterocycles. The Morgan fingerprint density at radius 2 is 1.84 bits per heavy atom. The molecular formula is C20H29N7O3S2. The molecule has 1 saturated heterocycles. The number of nitrogens with zero attached hydrogens (tertiary/aromatic N) is 5. The van der Waals surface area contributed by atoms with Crippen LogP contribution in [0.2, 0.25) is 0 Å². The fraction of sp³-hybridized carbons (Fsp3) is 0.600. The van der Waals surface area contributed by atoms with E-state index < -0.39 is 10.0 Å². The van der Waals surface area contributed by atoms with Gasteiger partial charge in [0.05, 0.1) is 6.20 Å². The molecule has 4 rings (SSSR count). The molecule has 0 bridgehead atoms. The van der Waals surface area contributed by atoms with Gasteiger partial charge in [0, 0.05) is 50.9 Å². The van der Waals surface area contributed by atoms with E-state index in [0.29, 0.717) is 38.2 Å². The molecule has 2 aromatic heterocycles. The number of thiazole rings is 1. The number of aromatic nitrogens is 3. The van der Waals surface area contributed by atoms with E-state index in [2.05, 4.69) is 25.5 Å². The number of hydrogen-bond donors (Lipinski definition) is 2. The number of hydrogen-bond acceptors (Lipinski definition) is 9. The van der Waals surface area contributed by atoms with Crippen molar-refractivity contribution >= 4 is 44.2 Å². The van der Waals surface area contributed by atoms with Crippen molar-refractivity contribution in [3.05, 3.63) is 18.0 Å². The van der Waals surface area contributed by atoms with Crippen LogP contribution in [0.25, 0.3) is 0 Å². The summed E-state index contributed by atoms with van der Waals surface area (Å²) in [6, 6.07) is 2.36. The third-order valence-corrected chi connectivity index (χ3v) is 8.95. The van der Waals surface area contributed by atoms with Crippen molar-refractivity contribution in [2.45, 2.75) is 56.2 Å². The van der Waals surface area contributed by atoms with Crippen LogP contribution in [-0.4, -0.2) is 65.8 Å². The van der Waals surface area contributed by atoms with Gasteiger partial charge < -0.3 is 15.5 Å². The van der Waals surface area contributed by atoms with Crippen LogP contribution in [-0.2, 0) is 14.8 Å². The summed E-state index contributed by atoms with van der Waals surface area (Å²) < 4.78 is 27.6. The highest BCUT2D eigenvalue weighted by Gasteiger charge is 2.31. The zero-order valence-electron chi connectivity index (χ0n) is 18.4. The van der Waals surface area contributed by atoms with Crippen molar-refractivity contribution in [2.24, 2.45) is 0 Å². The van der Waals surface area contributed by atoms with Gasteiger partial charge in [0.15, 0.2) is 9.34 Å². The maximum absolute atomic E-state index is 13.0. The third-order valence-electron chi connectivity index (χ3n) is 5.70. The maximum atomic E-state index is 13.0. The van der Waals surface area contributed by atoms with Crippen LogP contribution in [0, 0.1) is 6.92 Å². The van der Waals surface area contributed by atoms with Gasteiger partial charge in [-0.25, -0.2) is 18.4 Å². The molecule has 1 amide bonds. The third kappa shape index (κ3) is 5.36. The minimum Gasteiger partial charge on any atom is -0.354 e. The average molecular weight is 480 g/mol. The van der Waals surface area contributed by atoms with Crippen molar-refractivity contribution in [1.82, 2.24) is 19.3 Å². The molecule has 0 atom stereocenters. The highest BCUT2D eigenvalue weighted by molar-refractivity contribution is 7.91. The second-order valence-electron chi connectivity index (χ2n) is 8.23. The molecule has 12 heteroatoms. The predicted molar refractivity (Wildman–Crippen MR) is 125 cm³/mol. The first-order valence-electron chi connectivity index (χ1n) is 10.9. The lowest BCUT2D eigenvalue weighted by atomic mass is 9.96. The van der Waals surface area contributed by atoms with E-state index in [4.69, 9.17) is 4.98 Å². The van der Waals surface area contributed by atoms with Gasteiger partial charge in [-0.1, -0.05) is 30.6 Å². The number of nitrogens with one attached hydrogen (secondary N) is 2. The molecule has 174 valence electrons. The lowest BCUT2D eigenvalue weighted by Crippen LogP contribution is -2.48. The number of carbonyl (C=O) groups excluding carboxylic acids is 1. The summed E-state index contributed by atoms with van der Waals surface area (Å²) in [5, 5.41) is 6.29. The Bertz CT molecular complexity index is 1060.